The lowest BCUT2D eigenvalue weighted by atomic mass is 10.2. The molecule has 0 N–H and O–H groups in total. The zero-order valence-electron chi connectivity index (χ0n) is 15.8. The van der Waals surface area contributed by atoms with Gasteiger partial charge in [-0.25, -0.2) is 19.9 Å². The summed E-state index contributed by atoms with van der Waals surface area (Å²) in [4.78, 5) is 34.5. The Kier molecular flexibility index (Phi) is 4.98. The molecule has 2 fully saturated rings. The highest BCUT2D eigenvalue weighted by atomic mass is 16.5. The molecule has 0 aliphatic carbocycles. The first-order valence-electron chi connectivity index (χ1n) is 9.41. The maximum absolute atomic E-state index is 12.9. The Morgan fingerprint density at radius 2 is 1.96 bits per heavy atom. The fourth-order valence-corrected chi connectivity index (χ4v) is 3.61. The van der Waals surface area contributed by atoms with Crippen LogP contribution < -0.4 is 4.90 Å². The molecule has 0 bridgehead atoms. The van der Waals surface area contributed by atoms with Crippen molar-refractivity contribution >= 4 is 11.9 Å². The SMILES string of the molecule is Cc1cc(C(=O)N2CCO[C@@H](c3ccnc(N4CCCC4)n3)C2)nc(C)n1. The molecule has 0 unspecified atom stereocenters. The van der Waals surface area contributed by atoms with Crippen LogP contribution in [0.1, 0.15) is 46.6 Å². The minimum Gasteiger partial charge on any atom is -0.368 e. The molecule has 2 aliphatic heterocycles. The van der Waals surface area contributed by atoms with Crippen molar-refractivity contribution in [3.8, 4) is 0 Å². The number of hydrogen-bond donors (Lipinski definition) is 0. The van der Waals surface area contributed by atoms with Crippen LogP contribution in [0.25, 0.3) is 0 Å². The molecule has 0 aromatic carbocycles. The summed E-state index contributed by atoms with van der Waals surface area (Å²) < 4.78 is 5.91. The number of aryl methyl sites for hydroxylation is 2. The summed E-state index contributed by atoms with van der Waals surface area (Å²) in [5.74, 6) is 1.26. The fraction of sp³-hybridized carbons (Fsp3) is 0.526. The van der Waals surface area contributed by atoms with Crippen LogP contribution in [0.15, 0.2) is 18.3 Å². The highest BCUT2D eigenvalue weighted by Gasteiger charge is 2.28. The summed E-state index contributed by atoms with van der Waals surface area (Å²) >= 11 is 0. The van der Waals surface area contributed by atoms with E-state index in [9.17, 15) is 4.79 Å². The highest BCUT2D eigenvalue weighted by Crippen LogP contribution is 2.24. The van der Waals surface area contributed by atoms with Crippen LogP contribution in [0.4, 0.5) is 5.95 Å². The molecule has 2 saturated heterocycles. The van der Waals surface area contributed by atoms with Gasteiger partial charge in [0.15, 0.2) is 0 Å². The summed E-state index contributed by atoms with van der Waals surface area (Å²) in [5, 5.41) is 0. The van der Waals surface area contributed by atoms with Gasteiger partial charge in [-0.2, -0.15) is 0 Å². The first kappa shape index (κ1) is 17.8. The Morgan fingerprint density at radius 1 is 1.15 bits per heavy atom. The predicted molar refractivity (Wildman–Crippen MR) is 99.6 cm³/mol. The number of aromatic nitrogens is 4. The zero-order chi connectivity index (χ0) is 18.8. The minimum atomic E-state index is -0.254. The summed E-state index contributed by atoms with van der Waals surface area (Å²) in [7, 11) is 0. The number of rotatable bonds is 3. The lowest BCUT2D eigenvalue weighted by molar-refractivity contribution is -0.0249. The smallest absolute Gasteiger partial charge is 0.272 e. The monoisotopic (exact) mass is 368 g/mol. The average molecular weight is 368 g/mol. The number of nitrogens with zero attached hydrogens (tertiary/aromatic N) is 6. The van der Waals surface area contributed by atoms with Crippen molar-refractivity contribution in [1.29, 1.82) is 0 Å². The summed E-state index contributed by atoms with van der Waals surface area (Å²) in [6.07, 6.45) is 3.87. The molecule has 2 aliphatic rings. The van der Waals surface area contributed by atoms with Crippen LogP contribution >= 0.6 is 0 Å². The van der Waals surface area contributed by atoms with Gasteiger partial charge in [0, 0.05) is 31.5 Å². The van der Waals surface area contributed by atoms with Gasteiger partial charge in [0.25, 0.3) is 5.91 Å². The maximum Gasteiger partial charge on any atom is 0.272 e. The van der Waals surface area contributed by atoms with Crippen LogP contribution in [-0.2, 0) is 4.74 Å². The van der Waals surface area contributed by atoms with E-state index in [0.717, 1.165) is 30.4 Å². The fourth-order valence-electron chi connectivity index (χ4n) is 3.61. The van der Waals surface area contributed by atoms with Crippen molar-refractivity contribution in [2.24, 2.45) is 0 Å². The first-order valence-corrected chi connectivity index (χ1v) is 9.41. The molecule has 1 amide bonds. The Hall–Kier alpha value is -2.61. The zero-order valence-corrected chi connectivity index (χ0v) is 15.8. The van der Waals surface area contributed by atoms with E-state index in [0.29, 0.717) is 31.2 Å². The van der Waals surface area contributed by atoms with Gasteiger partial charge in [-0.1, -0.05) is 0 Å². The van der Waals surface area contributed by atoms with E-state index >= 15 is 0 Å². The standard InChI is InChI=1S/C19H24N6O2/c1-13-11-16(22-14(2)21-13)18(26)25-9-10-27-17(12-25)15-5-6-20-19(23-15)24-7-3-4-8-24/h5-6,11,17H,3-4,7-10,12H2,1-2H3/t17-/m1/s1. The molecule has 2 aromatic rings. The van der Waals surface area contributed by atoms with Crippen LogP contribution in [0.5, 0.6) is 0 Å². The Balaban J connectivity index is 1.51. The second kappa shape index (κ2) is 7.56. The number of anilines is 1. The van der Waals surface area contributed by atoms with Gasteiger partial charge in [-0.3, -0.25) is 4.79 Å². The Morgan fingerprint density at radius 3 is 2.74 bits per heavy atom. The van der Waals surface area contributed by atoms with E-state index in [1.165, 1.54) is 12.8 Å². The summed E-state index contributed by atoms with van der Waals surface area (Å²) in [5.41, 5.74) is 2.04. The molecule has 0 spiro atoms. The molecule has 4 rings (SSSR count). The Bertz CT molecular complexity index is 816. The third-order valence-corrected chi connectivity index (χ3v) is 4.92. The van der Waals surface area contributed by atoms with Crippen molar-refractivity contribution in [2.45, 2.75) is 32.8 Å². The van der Waals surface area contributed by atoms with Crippen molar-refractivity contribution in [1.82, 2.24) is 24.8 Å². The van der Waals surface area contributed by atoms with Crippen molar-refractivity contribution in [2.75, 3.05) is 37.7 Å². The van der Waals surface area contributed by atoms with Crippen LogP contribution in [0, 0.1) is 13.8 Å². The van der Waals surface area contributed by atoms with Gasteiger partial charge in [0.05, 0.1) is 18.8 Å². The predicted octanol–water partition coefficient (Wildman–Crippen LogP) is 1.70. The van der Waals surface area contributed by atoms with Crippen LogP contribution in [0.2, 0.25) is 0 Å². The van der Waals surface area contributed by atoms with Gasteiger partial charge >= 0.3 is 0 Å². The van der Waals surface area contributed by atoms with Gasteiger partial charge in [0.2, 0.25) is 5.95 Å². The number of morpholine rings is 1. The highest BCUT2D eigenvalue weighted by molar-refractivity contribution is 5.92. The number of carbonyl (C=O) groups excluding carboxylic acids is 1. The number of amides is 1. The lowest BCUT2D eigenvalue weighted by Gasteiger charge is -2.32. The van der Waals surface area contributed by atoms with E-state index in [4.69, 9.17) is 9.72 Å². The molecule has 2 aromatic heterocycles. The van der Waals surface area contributed by atoms with Crippen molar-refractivity contribution < 1.29 is 9.53 Å². The lowest BCUT2D eigenvalue weighted by Crippen LogP contribution is -2.43. The molecule has 0 saturated carbocycles. The Labute approximate surface area is 158 Å². The van der Waals surface area contributed by atoms with Crippen molar-refractivity contribution in [3.05, 3.63) is 41.2 Å². The van der Waals surface area contributed by atoms with Gasteiger partial charge in [-0.15, -0.1) is 0 Å². The molecule has 4 heterocycles. The molecule has 8 nitrogen and oxygen atoms in total. The molecular weight excluding hydrogens is 344 g/mol. The van der Waals surface area contributed by atoms with Crippen LogP contribution in [-0.4, -0.2) is 63.5 Å². The third-order valence-electron chi connectivity index (χ3n) is 4.92. The number of ether oxygens (including phenoxy) is 1. The second-order valence-corrected chi connectivity index (χ2v) is 7.03. The average Bonchev–Trinajstić information content (AvgIpc) is 3.22. The third kappa shape index (κ3) is 3.90. The van der Waals surface area contributed by atoms with E-state index < -0.39 is 0 Å². The summed E-state index contributed by atoms with van der Waals surface area (Å²) in [6.45, 7) is 7.13. The topological polar surface area (TPSA) is 84.3 Å². The quantitative estimate of drug-likeness (QED) is 0.815. The molecular formula is C19H24N6O2. The van der Waals surface area contributed by atoms with Crippen LogP contribution in [0.3, 0.4) is 0 Å². The minimum absolute atomic E-state index is 0.0919. The van der Waals surface area contributed by atoms with Gasteiger partial charge in [-0.05, 0) is 38.8 Å². The number of carbonyl (C=O) groups is 1. The van der Waals surface area contributed by atoms with E-state index in [2.05, 4.69) is 19.9 Å². The van der Waals surface area contributed by atoms with Gasteiger partial charge < -0.3 is 14.5 Å². The summed E-state index contributed by atoms with van der Waals surface area (Å²) in [6, 6.07) is 3.60. The number of hydrogen-bond acceptors (Lipinski definition) is 7. The van der Waals surface area contributed by atoms with E-state index in [1.807, 2.05) is 13.0 Å². The molecule has 1 atom stereocenters. The van der Waals surface area contributed by atoms with E-state index in [1.54, 1.807) is 24.1 Å². The van der Waals surface area contributed by atoms with Gasteiger partial charge in [0.1, 0.15) is 17.6 Å². The molecule has 8 heteroatoms. The van der Waals surface area contributed by atoms with E-state index in [-0.39, 0.29) is 12.0 Å². The first-order chi connectivity index (χ1) is 13.1. The second-order valence-electron chi connectivity index (χ2n) is 7.03. The molecule has 142 valence electrons. The molecule has 27 heavy (non-hydrogen) atoms. The van der Waals surface area contributed by atoms with Crippen molar-refractivity contribution in [3.63, 3.8) is 0 Å². The largest absolute Gasteiger partial charge is 0.368 e. The normalized spacial score (nSPS) is 20.1. The maximum atomic E-state index is 12.9. The molecule has 0 radical (unpaired) electrons.